The van der Waals surface area contributed by atoms with Crippen molar-refractivity contribution >= 4 is 0 Å². The molecule has 0 radical (unpaired) electrons. The molecule has 2 aromatic rings. The lowest BCUT2D eigenvalue weighted by atomic mass is 9.97. The molecular weight excluding hydrogens is 304 g/mol. The molecule has 0 bridgehead atoms. The molecule has 134 valence electrons. The van der Waals surface area contributed by atoms with Crippen molar-refractivity contribution < 1.29 is 0 Å². The highest BCUT2D eigenvalue weighted by Crippen LogP contribution is 2.28. The van der Waals surface area contributed by atoms with Crippen LogP contribution in [0.3, 0.4) is 0 Å². The Morgan fingerprint density at radius 3 is 1.88 bits per heavy atom. The third-order valence-electron chi connectivity index (χ3n) is 5.49. The SMILES string of the molecule is CCCc1ccc(-c2ccc(C(CC)N3CCN(C)CC3)cc2)cc1. The topological polar surface area (TPSA) is 6.48 Å². The molecular formula is C23H32N2. The summed E-state index contributed by atoms with van der Waals surface area (Å²) in [6.07, 6.45) is 3.55. The van der Waals surface area contributed by atoms with Gasteiger partial charge in [0.05, 0.1) is 0 Å². The maximum absolute atomic E-state index is 2.65. The van der Waals surface area contributed by atoms with E-state index >= 15 is 0 Å². The molecule has 1 heterocycles. The third-order valence-corrected chi connectivity index (χ3v) is 5.49. The fourth-order valence-electron chi connectivity index (χ4n) is 3.89. The Morgan fingerprint density at radius 1 is 0.800 bits per heavy atom. The second kappa shape index (κ2) is 8.64. The van der Waals surface area contributed by atoms with E-state index in [-0.39, 0.29) is 0 Å². The highest BCUT2D eigenvalue weighted by molar-refractivity contribution is 5.64. The zero-order valence-corrected chi connectivity index (χ0v) is 16.0. The average Bonchev–Trinajstić information content (AvgIpc) is 2.65. The Morgan fingerprint density at radius 2 is 1.36 bits per heavy atom. The summed E-state index contributed by atoms with van der Waals surface area (Å²) < 4.78 is 0. The summed E-state index contributed by atoms with van der Waals surface area (Å²) in [5, 5.41) is 0. The van der Waals surface area contributed by atoms with Crippen LogP contribution in [0, 0.1) is 0 Å². The molecule has 0 saturated carbocycles. The quantitative estimate of drug-likeness (QED) is 0.732. The molecule has 0 amide bonds. The van der Waals surface area contributed by atoms with E-state index in [1.165, 1.54) is 67.7 Å². The van der Waals surface area contributed by atoms with E-state index in [1.807, 2.05) is 0 Å². The van der Waals surface area contributed by atoms with Crippen molar-refractivity contribution in [2.75, 3.05) is 33.2 Å². The fraction of sp³-hybridized carbons (Fsp3) is 0.478. The molecule has 0 aromatic heterocycles. The second-order valence-electron chi connectivity index (χ2n) is 7.33. The van der Waals surface area contributed by atoms with Crippen LogP contribution >= 0.6 is 0 Å². The summed E-state index contributed by atoms with van der Waals surface area (Å²) in [4.78, 5) is 5.07. The van der Waals surface area contributed by atoms with Gasteiger partial charge in [0.15, 0.2) is 0 Å². The molecule has 1 aliphatic rings. The molecule has 25 heavy (non-hydrogen) atoms. The lowest BCUT2D eigenvalue weighted by Crippen LogP contribution is -2.45. The molecule has 2 nitrogen and oxygen atoms in total. The Hall–Kier alpha value is -1.64. The molecule has 2 aromatic carbocycles. The summed E-state index contributed by atoms with van der Waals surface area (Å²) in [6.45, 7) is 9.25. The predicted octanol–water partition coefficient (Wildman–Crippen LogP) is 5.00. The monoisotopic (exact) mass is 336 g/mol. The van der Waals surface area contributed by atoms with Gasteiger partial charge in [-0.05, 0) is 42.1 Å². The van der Waals surface area contributed by atoms with Gasteiger partial charge in [-0.1, -0.05) is 68.8 Å². The fourth-order valence-corrected chi connectivity index (χ4v) is 3.89. The van der Waals surface area contributed by atoms with Gasteiger partial charge in [0.1, 0.15) is 0 Å². The normalized spacial score (nSPS) is 17.6. The largest absolute Gasteiger partial charge is 0.304 e. The minimum absolute atomic E-state index is 0.551. The summed E-state index contributed by atoms with van der Waals surface area (Å²) in [7, 11) is 2.22. The molecule has 1 aliphatic heterocycles. The standard InChI is InChI=1S/C23H32N2/c1-4-6-19-7-9-20(10-8-19)21-11-13-22(14-12-21)23(5-2)25-17-15-24(3)16-18-25/h7-14,23H,4-6,15-18H2,1-3H3. The van der Waals surface area contributed by atoms with Gasteiger partial charge in [-0.25, -0.2) is 0 Å². The zero-order chi connectivity index (χ0) is 17.6. The molecule has 2 heteroatoms. The summed E-state index contributed by atoms with van der Waals surface area (Å²) in [6, 6.07) is 18.9. The molecule has 0 aliphatic carbocycles. The second-order valence-corrected chi connectivity index (χ2v) is 7.33. The number of benzene rings is 2. The number of hydrogen-bond acceptors (Lipinski definition) is 2. The first-order valence-corrected chi connectivity index (χ1v) is 9.83. The van der Waals surface area contributed by atoms with Crippen LogP contribution in [0.5, 0.6) is 0 Å². The Bertz CT molecular complexity index is 637. The summed E-state index contributed by atoms with van der Waals surface area (Å²) in [5.74, 6) is 0. The molecule has 0 N–H and O–H groups in total. The zero-order valence-electron chi connectivity index (χ0n) is 16.0. The van der Waals surface area contributed by atoms with Crippen molar-refractivity contribution in [2.24, 2.45) is 0 Å². The smallest absolute Gasteiger partial charge is 0.0346 e. The number of hydrogen-bond donors (Lipinski definition) is 0. The molecule has 1 saturated heterocycles. The summed E-state index contributed by atoms with van der Waals surface area (Å²) >= 11 is 0. The van der Waals surface area contributed by atoms with E-state index in [0.29, 0.717) is 6.04 Å². The van der Waals surface area contributed by atoms with Crippen molar-refractivity contribution in [3.8, 4) is 11.1 Å². The van der Waals surface area contributed by atoms with E-state index < -0.39 is 0 Å². The molecule has 3 rings (SSSR count). The van der Waals surface area contributed by atoms with Gasteiger partial charge in [0.25, 0.3) is 0 Å². The minimum Gasteiger partial charge on any atom is -0.304 e. The van der Waals surface area contributed by atoms with E-state index in [1.54, 1.807) is 0 Å². The van der Waals surface area contributed by atoms with Crippen LogP contribution in [0.2, 0.25) is 0 Å². The van der Waals surface area contributed by atoms with Gasteiger partial charge in [-0.2, -0.15) is 0 Å². The van der Waals surface area contributed by atoms with Crippen LogP contribution in [0.4, 0.5) is 0 Å². The Kier molecular flexibility index (Phi) is 6.28. The minimum atomic E-state index is 0.551. The predicted molar refractivity (Wildman–Crippen MR) is 108 cm³/mol. The van der Waals surface area contributed by atoms with Crippen molar-refractivity contribution in [1.29, 1.82) is 0 Å². The molecule has 1 atom stereocenters. The molecule has 0 spiro atoms. The van der Waals surface area contributed by atoms with Crippen molar-refractivity contribution in [1.82, 2.24) is 9.80 Å². The van der Waals surface area contributed by atoms with Crippen LogP contribution in [0.25, 0.3) is 11.1 Å². The number of aryl methyl sites for hydroxylation is 1. The third kappa shape index (κ3) is 4.50. The van der Waals surface area contributed by atoms with Crippen molar-refractivity contribution in [3.63, 3.8) is 0 Å². The Labute approximate surface area is 153 Å². The maximum Gasteiger partial charge on any atom is 0.0346 e. The number of likely N-dealkylation sites (N-methyl/N-ethyl adjacent to an activating group) is 1. The molecule has 1 unspecified atom stereocenters. The first kappa shape index (κ1) is 18.2. The van der Waals surface area contributed by atoms with Crippen LogP contribution in [0.15, 0.2) is 48.5 Å². The first-order valence-electron chi connectivity index (χ1n) is 9.83. The first-order chi connectivity index (χ1) is 12.2. The van der Waals surface area contributed by atoms with E-state index in [9.17, 15) is 0 Å². The number of piperazine rings is 1. The van der Waals surface area contributed by atoms with Gasteiger partial charge >= 0.3 is 0 Å². The van der Waals surface area contributed by atoms with Gasteiger partial charge in [0, 0.05) is 32.2 Å². The van der Waals surface area contributed by atoms with Crippen molar-refractivity contribution in [3.05, 3.63) is 59.7 Å². The highest BCUT2D eigenvalue weighted by atomic mass is 15.3. The average molecular weight is 337 g/mol. The van der Waals surface area contributed by atoms with E-state index in [0.717, 1.165) is 0 Å². The van der Waals surface area contributed by atoms with E-state index in [2.05, 4.69) is 79.2 Å². The molecule has 1 fully saturated rings. The van der Waals surface area contributed by atoms with Crippen LogP contribution in [0.1, 0.15) is 43.9 Å². The van der Waals surface area contributed by atoms with Gasteiger partial charge in [0.2, 0.25) is 0 Å². The maximum atomic E-state index is 2.65. The number of nitrogens with zero attached hydrogens (tertiary/aromatic N) is 2. The summed E-state index contributed by atoms with van der Waals surface area (Å²) in [5.41, 5.74) is 5.53. The number of rotatable bonds is 6. The van der Waals surface area contributed by atoms with Gasteiger partial charge in [-0.3, -0.25) is 4.90 Å². The van der Waals surface area contributed by atoms with E-state index in [4.69, 9.17) is 0 Å². The van der Waals surface area contributed by atoms with Gasteiger partial charge in [-0.15, -0.1) is 0 Å². The Balaban J connectivity index is 1.72. The van der Waals surface area contributed by atoms with Crippen LogP contribution < -0.4 is 0 Å². The van der Waals surface area contributed by atoms with Crippen LogP contribution in [-0.4, -0.2) is 43.0 Å². The van der Waals surface area contributed by atoms with Crippen molar-refractivity contribution in [2.45, 2.75) is 39.2 Å². The lowest BCUT2D eigenvalue weighted by Gasteiger charge is -2.38. The highest BCUT2D eigenvalue weighted by Gasteiger charge is 2.22. The van der Waals surface area contributed by atoms with Gasteiger partial charge < -0.3 is 4.90 Å². The van der Waals surface area contributed by atoms with Crippen LogP contribution in [-0.2, 0) is 6.42 Å². The lowest BCUT2D eigenvalue weighted by molar-refractivity contribution is 0.109.